The topological polar surface area (TPSA) is 87.4 Å². The van der Waals surface area contributed by atoms with Crippen LogP contribution < -0.4 is 10.6 Å². The summed E-state index contributed by atoms with van der Waals surface area (Å²) in [4.78, 5) is 21.8. The molecule has 0 spiro atoms. The number of nitrogens with one attached hydrogen (secondary N) is 2. The third-order valence-electron chi connectivity index (χ3n) is 2.99. The van der Waals surface area contributed by atoms with Gasteiger partial charge in [-0.15, -0.1) is 0 Å². The molecule has 0 aliphatic carbocycles. The summed E-state index contributed by atoms with van der Waals surface area (Å²) in [7, 11) is 5.51. The first-order valence-electron chi connectivity index (χ1n) is 6.98. The summed E-state index contributed by atoms with van der Waals surface area (Å²) in [6.07, 6.45) is 1.53. The SMILES string of the molecule is CN=C(NCCNC(=O)C(C)C)N(C)Cc1ncnn1C. The molecule has 1 heterocycles. The number of carbonyl (C=O) groups is 1. The summed E-state index contributed by atoms with van der Waals surface area (Å²) < 4.78 is 1.73. The second kappa shape index (κ2) is 8.23. The molecule has 0 aliphatic heterocycles. The molecule has 0 aromatic carbocycles. The summed E-state index contributed by atoms with van der Waals surface area (Å²) in [5.74, 6) is 1.66. The Morgan fingerprint density at radius 2 is 2.10 bits per heavy atom. The van der Waals surface area contributed by atoms with Crippen LogP contribution in [-0.4, -0.2) is 58.7 Å². The number of carbonyl (C=O) groups excluding carboxylic acids is 1. The van der Waals surface area contributed by atoms with Crippen LogP contribution >= 0.6 is 0 Å². The van der Waals surface area contributed by atoms with Crippen LogP contribution in [0.25, 0.3) is 0 Å². The molecule has 2 N–H and O–H groups in total. The molecule has 118 valence electrons. The molecule has 0 aliphatic rings. The van der Waals surface area contributed by atoms with Crippen molar-refractivity contribution in [3.63, 3.8) is 0 Å². The van der Waals surface area contributed by atoms with Gasteiger partial charge in [-0.25, -0.2) is 4.98 Å². The van der Waals surface area contributed by atoms with Gasteiger partial charge in [-0.3, -0.25) is 14.5 Å². The first-order valence-corrected chi connectivity index (χ1v) is 6.98. The molecule has 0 unspecified atom stereocenters. The number of nitrogens with zero attached hydrogens (tertiary/aromatic N) is 5. The molecule has 1 aromatic heterocycles. The molecule has 1 aromatic rings. The van der Waals surface area contributed by atoms with Crippen LogP contribution in [0.1, 0.15) is 19.7 Å². The molecule has 0 radical (unpaired) electrons. The molecule has 1 amide bonds. The quantitative estimate of drug-likeness (QED) is 0.423. The van der Waals surface area contributed by atoms with E-state index in [0.29, 0.717) is 19.6 Å². The van der Waals surface area contributed by atoms with Crippen LogP contribution in [0, 0.1) is 5.92 Å². The van der Waals surface area contributed by atoms with Gasteiger partial charge in [-0.05, 0) is 0 Å². The first-order chi connectivity index (χ1) is 9.95. The van der Waals surface area contributed by atoms with E-state index in [1.54, 1.807) is 11.7 Å². The Labute approximate surface area is 125 Å². The minimum Gasteiger partial charge on any atom is -0.354 e. The zero-order chi connectivity index (χ0) is 15.8. The molecule has 8 nitrogen and oxygen atoms in total. The normalized spacial score (nSPS) is 11.6. The molecule has 21 heavy (non-hydrogen) atoms. The highest BCUT2D eigenvalue weighted by Gasteiger charge is 2.10. The lowest BCUT2D eigenvalue weighted by Gasteiger charge is -2.21. The van der Waals surface area contributed by atoms with Gasteiger partial charge in [0.05, 0.1) is 6.54 Å². The number of aromatic nitrogens is 3. The number of hydrogen-bond acceptors (Lipinski definition) is 4. The Morgan fingerprint density at radius 3 is 2.62 bits per heavy atom. The van der Waals surface area contributed by atoms with Crippen molar-refractivity contribution in [1.29, 1.82) is 0 Å². The molecule has 0 saturated heterocycles. The average Bonchev–Trinajstić information content (AvgIpc) is 2.83. The highest BCUT2D eigenvalue weighted by molar-refractivity contribution is 5.80. The standard InChI is InChI=1S/C13H25N7O/c1-10(2)12(21)15-6-7-16-13(14-3)19(4)8-11-17-9-18-20(11)5/h9-10H,6-8H2,1-5H3,(H,14,16)(H,15,21). The number of amides is 1. The van der Waals surface area contributed by atoms with Crippen LogP contribution in [-0.2, 0) is 18.4 Å². The van der Waals surface area contributed by atoms with Crippen LogP contribution in [0.15, 0.2) is 11.3 Å². The average molecular weight is 295 g/mol. The summed E-state index contributed by atoms with van der Waals surface area (Å²) in [6, 6.07) is 0. The van der Waals surface area contributed by atoms with Crippen molar-refractivity contribution in [2.75, 3.05) is 27.2 Å². The predicted octanol–water partition coefficient (Wildman–Crippen LogP) is -0.405. The van der Waals surface area contributed by atoms with Gasteiger partial charge >= 0.3 is 0 Å². The fourth-order valence-corrected chi connectivity index (χ4v) is 1.70. The number of rotatable bonds is 6. The minimum absolute atomic E-state index is 0.00269. The van der Waals surface area contributed by atoms with Gasteiger partial charge in [-0.2, -0.15) is 5.10 Å². The molecule has 0 saturated carbocycles. The maximum atomic E-state index is 11.4. The first kappa shape index (κ1) is 16.9. The van der Waals surface area contributed by atoms with Gasteiger partial charge in [0.1, 0.15) is 12.2 Å². The third-order valence-corrected chi connectivity index (χ3v) is 2.99. The number of guanidine groups is 1. The van der Waals surface area contributed by atoms with Gasteiger partial charge in [0.25, 0.3) is 0 Å². The van der Waals surface area contributed by atoms with E-state index in [2.05, 4.69) is 25.7 Å². The second-order valence-electron chi connectivity index (χ2n) is 5.08. The van der Waals surface area contributed by atoms with Gasteiger partial charge in [0.15, 0.2) is 5.96 Å². The van der Waals surface area contributed by atoms with E-state index in [1.807, 2.05) is 32.8 Å². The largest absolute Gasteiger partial charge is 0.354 e. The summed E-state index contributed by atoms with van der Waals surface area (Å²) >= 11 is 0. The highest BCUT2D eigenvalue weighted by Crippen LogP contribution is 1.97. The lowest BCUT2D eigenvalue weighted by molar-refractivity contribution is -0.123. The van der Waals surface area contributed by atoms with Crippen molar-refractivity contribution in [1.82, 2.24) is 30.3 Å². The number of aryl methyl sites for hydroxylation is 1. The second-order valence-corrected chi connectivity index (χ2v) is 5.08. The van der Waals surface area contributed by atoms with Crippen molar-refractivity contribution >= 4 is 11.9 Å². The third kappa shape index (κ3) is 5.41. The van der Waals surface area contributed by atoms with Gasteiger partial charge < -0.3 is 15.5 Å². The molecular formula is C13H25N7O. The Kier molecular flexibility index (Phi) is 6.64. The van der Waals surface area contributed by atoms with E-state index in [-0.39, 0.29) is 11.8 Å². The summed E-state index contributed by atoms with van der Waals surface area (Å²) in [5.41, 5.74) is 0. The van der Waals surface area contributed by atoms with Crippen molar-refractivity contribution in [2.24, 2.45) is 18.0 Å². The fraction of sp³-hybridized carbons (Fsp3) is 0.692. The van der Waals surface area contributed by atoms with Crippen molar-refractivity contribution in [3.8, 4) is 0 Å². The highest BCUT2D eigenvalue weighted by atomic mass is 16.1. The van der Waals surface area contributed by atoms with Gasteiger partial charge in [-0.1, -0.05) is 13.8 Å². The van der Waals surface area contributed by atoms with E-state index in [0.717, 1.165) is 11.8 Å². The van der Waals surface area contributed by atoms with Crippen molar-refractivity contribution in [2.45, 2.75) is 20.4 Å². The van der Waals surface area contributed by atoms with Crippen molar-refractivity contribution in [3.05, 3.63) is 12.2 Å². The minimum atomic E-state index is 0.00269. The Morgan fingerprint density at radius 1 is 1.43 bits per heavy atom. The monoisotopic (exact) mass is 295 g/mol. The van der Waals surface area contributed by atoms with Crippen LogP contribution in [0.2, 0.25) is 0 Å². The van der Waals surface area contributed by atoms with Crippen LogP contribution in [0.4, 0.5) is 0 Å². The Hall–Kier alpha value is -2.12. The van der Waals surface area contributed by atoms with Crippen LogP contribution in [0.5, 0.6) is 0 Å². The maximum Gasteiger partial charge on any atom is 0.222 e. The molecular weight excluding hydrogens is 270 g/mol. The molecule has 8 heteroatoms. The van der Waals surface area contributed by atoms with E-state index in [9.17, 15) is 4.79 Å². The van der Waals surface area contributed by atoms with Crippen LogP contribution in [0.3, 0.4) is 0 Å². The van der Waals surface area contributed by atoms with E-state index >= 15 is 0 Å². The smallest absolute Gasteiger partial charge is 0.222 e. The Balaban J connectivity index is 2.38. The zero-order valence-corrected chi connectivity index (χ0v) is 13.4. The van der Waals surface area contributed by atoms with E-state index in [1.165, 1.54) is 6.33 Å². The van der Waals surface area contributed by atoms with E-state index in [4.69, 9.17) is 0 Å². The van der Waals surface area contributed by atoms with E-state index < -0.39 is 0 Å². The predicted molar refractivity (Wildman–Crippen MR) is 81.7 cm³/mol. The summed E-state index contributed by atoms with van der Waals surface area (Å²) in [5, 5.41) is 10.1. The van der Waals surface area contributed by atoms with Gasteiger partial charge in [0, 0.05) is 40.2 Å². The molecule has 0 atom stereocenters. The lowest BCUT2D eigenvalue weighted by Crippen LogP contribution is -2.43. The zero-order valence-electron chi connectivity index (χ0n) is 13.4. The lowest BCUT2D eigenvalue weighted by atomic mass is 10.2. The van der Waals surface area contributed by atoms with Crippen molar-refractivity contribution < 1.29 is 4.79 Å². The molecule has 0 fully saturated rings. The Bertz CT molecular complexity index is 481. The number of hydrogen-bond donors (Lipinski definition) is 2. The molecule has 1 rings (SSSR count). The summed E-state index contributed by atoms with van der Waals surface area (Å²) in [6.45, 7) is 5.53. The maximum absolute atomic E-state index is 11.4. The van der Waals surface area contributed by atoms with Gasteiger partial charge in [0.2, 0.25) is 5.91 Å². The number of aliphatic imine (C=N–C) groups is 1. The fourth-order valence-electron chi connectivity index (χ4n) is 1.70. The molecule has 0 bridgehead atoms.